The summed E-state index contributed by atoms with van der Waals surface area (Å²) in [6.45, 7) is 0.806. The van der Waals surface area contributed by atoms with E-state index in [9.17, 15) is 14.7 Å². The van der Waals surface area contributed by atoms with Crippen LogP contribution >= 0.6 is 0 Å². The molecule has 3 N–H and O–H groups in total. The number of benzene rings is 1. The smallest absolute Gasteiger partial charge is 0.316 e. The lowest BCUT2D eigenvalue weighted by atomic mass is 9.83. The van der Waals surface area contributed by atoms with Crippen molar-refractivity contribution in [2.24, 2.45) is 11.7 Å². The number of carboxylic acids is 1. The number of ketones is 1. The molecule has 6 nitrogen and oxygen atoms in total. The van der Waals surface area contributed by atoms with E-state index < -0.39 is 17.9 Å². The van der Waals surface area contributed by atoms with Gasteiger partial charge in [-0.05, 0) is 31.2 Å². The molecule has 1 saturated heterocycles. The molecule has 114 valence electrons. The number of carboxylic acid groups (broad SMARTS) is 1. The zero-order chi connectivity index (χ0) is 15.6. The standard InChI is InChI=1S/C15H20N2O4/c1-17-8-7-11(17)14(18)12(15(19)20)13(16)9-3-5-10(21-2)6-4-9/h3-6,11-13H,7-8,16H2,1-2H3,(H,19,20)/t11-,12?,13-/m0/s1. The molecule has 1 aliphatic heterocycles. The summed E-state index contributed by atoms with van der Waals surface area (Å²) in [7, 11) is 3.36. The quantitative estimate of drug-likeness (QED) is 0.749. The lowest BCUT2D eigenvalue weighted by molar-refractivity contribution is -0.150. The van der Waals surface area contributed by atoms with Crippen LogP contribution in [0.25, 0.3) is 0 Å². The number of likely N-dealkylation sites (N-methyl/N-ethyl adjacent to an activating group) is 1. The van der Waals surface area contributed by atoms with Crippen LogP contribution in [0.4, 0.5) is 0 Å². The molecule has 0 bridgehead atoms. The van der Waals surface area contributed by atoms with Crippen molar-refractivity contribution < 1.29 is 19.4 Å². The Hall–Kier alpha value is -1.92. The Morgan fingerprint density at radius 1 is 1.38 bits per heavy atom. The van der Waals surface area contributed by atoms with E-state index in [1.54, 1.807) is 31.4 Å². The normalized spacial score (nSPS) is 21.2. The van der Waals surface area contributed by atoms with Gasteiger partial charge in [-0.15, -0.1) is 0 Å². The van der Waals surface area contributed by atoms with Crippen molar-refractivity contribution in [2.45, 2.75) is 18.5 Å². The fourth-order valence-electron chi connectivity index (χ4n) is 2.55. The first-order valence-electron chi connectivity index (χ1n) is 6.82. The third-order valence-electron chi connectivity index (χ3n) is 4.05. The number of methoxy groups -OCH3 is 1. The first kappa shape index (κ1) is 15.5. The predicted octanol–water partition coefficient (Wildman–Crippen LogP) is 0.669. The summed E-state index contributed by atoms with van der Waals surface area (Å²) in [6.07, 6.45) is 0.689. The first-order chi connectivity index (χ1) is 9.95. The van der Waals surface area contributed by atoms with Gasteiger partial charge in [0.2, 0.25) is 0 Å². The second kappa shape index (κ2) is 6.24. The molecule has 6 heteroatoms. The number of carbonyl (C=O) groups is 2. The molecule has 1 aromatic carbocycles. The highest BCUT2D eigenvalue weighted by Crippen LogP contribution is 2.28. The summed E-state index contributed by atoms with van der Waals surface area (Å²) < 4.78 is 5.05. The van der Waals surface area contributed by atoms with Gasteiger partial charge < -0.3 is 15.6 Å². The summed E-state index contributed by atoms with van der Waals surface area (Å²) in [5.41, 5.74) is 6.64. The number of hydrogen-bond acceptors (Lipinski definition) is 5. The van der Waals surface area contributed by atoms with Crippen molar-refractivity contribution in [3.8, 4) is 5.75 Å². The van der Waals surface area contributed by atoms with E-state index in [0.717, 1.165) is 6.54 Å². The Kier molecular flexibility index (Phi) is 4.59. The number of nitrogens with two attached hydrogens (primary N) is 1. The molecule has 1 unspecified atom stereocenters. The second-order valence-corrected chi connectivity index (χ2v) is 5.30. The molecule has 2 rings (SSSR count). The number of carbonyl (C=O) groups excluding carboxylic acids is 1. The number of nitrogens with zero attached hydrogens (tertiary/aromatic N) is 1. The van der Waals surface area contributed by atoms with Gasteiger partial charge in [-0.25, -0.2) is 0 Å². The van der Waals surface area contributed by atoms with Crippen LogP contribution in [0.3, 0.4) is 0 Å². The van der Waals surface area contributed by atoms with Gasteiger partial charge in [0, 0.05) is 6.54 Å². The maximum absolute atomic E-state index is 12.4. The Morgan fingerprint density at radius 3 is 2.38 bits per heavy atom. The van der Waals surface area contributed by atoms with Gasteiger partial charge in [0.25, 0.3) is 0 Å². The van der Waals surface area contributed by atoms with Crippen LogP contribution in [0.5, 0.6) is 5.75 Å². The lowest BCUT2D eigenvalue weighted by Crippen LogP contribution is -2.54. The molecule has 0 radical (unpaired) electrons. The van der Waals surface area contributed by atoms with Gasteiger partial charge in [0.1, 0.15) is 11.7 Å². The summed E-state index contributed by atoms with van der Waals surface area (Å²) >= 11 is 0. The summed E-state index contributed by atoms with van der Waals surface area (Å²) in [6, 6.07) is 5.58. The van der Waals surface area contributed by atoms with Crippen LogP contribution in [-0.4, -0.2) is 48.5 Å². The third-order valence-corrected chi connectivity index (χ3v) is 4.05. The maximum Gasteiger partial charge on any atom is 0.316 e. The van der Waals surface area contributed by atoms with Crippen molar-refractivity contribution >= 4 is 11.8 Å². The van der Waals surface area contributed by atoms with E-state index in [1.165, 1.54) is 0 Å². The molecule has 1 heterocycles. The lowest BCUT2D eigenvalue weighted by Gasteiger charge is -2.38. The third kappa shape index (κ3) is 3.06. The van der Waals surface area contributed by atoms with Gasteiger partial charge in [0.15, 0.2) is 5.78 Å². The average Bonchev–Trinajstić information content (AvgIpc) is 2.45. The van der Waals surface area contributed by atoms with Crippen LogP contribution < -0.4 is 10.5 Å². The molecular weight excluding hydrogens is 272 g/mol. The Balaban J connectivity index is 2.20. The highest BCUT2D eigenvalue weighted by atomic mass is 16.5. The van der Waals surface area contributed by atoms with E-state index in [4.69, 9.17) is 10.5 Å². The minimum atomic E-state index is -1.23. The molecule has 0 spiro atoms. The molecule has 0 aromatic heterocycles. The fraction of sp³-hybridized carbons (Fsp3) is 0.467. The average molecular weight is 292 g/mol. The highest BCUT2D eigenvalue weighted by Gasteiger charge is 2.42. The van der Waals surface area contributed by atoms with Crippen LogP contribution in [0.15, 0.2) is 24.3 Å². The maximum atomic E-state index is 12.4. The van der Waals surface area contributed by atoms with Crippen molar-refractivity contribution in [3.63, 3.8) is 0 Å². The van der Waals surface area contributed by atoms with Crippen molar-refractivity contribution in [2.75, 3.05) is 20.7 Å². The van der Waals surface area contributed by atoms with Gasteiger partial charge >= 0.3 is 5.97 Å². The summed E-state index contributed by atoms with van der Waals surface area (Å²) in [5, 5.41) is 9.39. The van der Waals surface area contributed by atoms with Crippen LogP contribution in [0.2, 0.25) is 0 Å². The number of Topliss-reactive ketones (excluding diaryl/α,β-unsaturated/α-hetero) is 1. The molecule has 3 atom stereocenters. The molecular formula is C15H20N2O4. The fourth-order valence-corrected chi connectivity index (χ4v) is 2.55. The predicted molar refractivity (Wildman–Crippen MR) is 77.1 cm³/mol. The zero-order valence-electron chi connectivity index (χ0n) is 12.2. The van der Waals surface area contributed by atoms with Gasteiger partial charge in [-0.3, -0.25) is 14.5 Å². The molecule has 1 fully saturated rings. The van der Waals surface area contributed by atoms with Crippen molar-refractivity contribution in [1.82, 2.24) is 4.90 Å². The Bertz CT molecular complexity index is 529. The first-order valence-corrected chi connectivity index (χ1v) is 6.82. The summed E-state index contributed by atoms with van der Waals surface area (Å²) in [5.74, 6) is -2.07. The largest absolute Gasteiger partial charge is 0.497 e. The summed E-state index contributed by atoms with van der Waals surface area (Å²) in [4.78, 5) is 25.7. The molecule has 1 aromatic rings. The van der Waals surface area contributed by atoms with Crippen LogP contribution in [-0.2, 0) is 9.59 Å². The minimum absolute atomic E-state index is 0.320. The number of likely N-dealkylation sites (tertiary alicyclic amines) is 1. The molecule has 0 saturated carbocycles. The number of ether oxygens (including phenoxy) is 1. The minimum Gasteiger partial charge on any atom is -0.497 e. The van der Waals surface area contributed by atoms with E-state index in [0.29, 0.717) is 17.7 Å². The van der Waals surface area contributed by atoms with E-state index in [1.807, 2.05) is 11.9 Å². The zero-order valence-corrected chi connectivity index (χ0v) is 12.2. The van der Waals surface area contributed by atoms with Crippen LogP contribution in [0, 0.1) is 5.92 Å². The molecule has 1 aliphatic rings. The number of aliphatic carboxylic acids is 1. The van der Waals surface area contributed by atoms with Gasteiger partial charge in [-0.2, -0.15) is 0 Å². The van der Waals surface area contributed by atoms with Crippen molar-refractivity contribution in [3.05, 3.63) is 29.8 Å². The second-order valence-electron chi connectivity index (χ2n) is 5.30. The van der Waals surface area contributed by atoms with Gasteiger partial charge in [-0.1, -0.05) is 12.1 Å². The molecule has 0 amide bonds. The van der Waals surface area contributed by atoms with E-state index in [-0.39, 0.29) is 11.8 Å². The Morgan fingerprint density at radius 2 is 2.00 bits per heavy atom. The number of rotatable bonds is 6. The Labute approximate surface area is 123 Å². The highest BCUT2D eigenvalue weighted by molar-refractivity contribution is 6.02. The van der Waals surface area contributed by atoms with Gasteiger partial charge in [0.05, 0.1) is 19.2 Å². The molecule has 21 heavy (non-hydrogen) atoms. The topological polar surface area (TPSA) is 92.9 Å². The van der Waals surface area contributed by atoms with E-state index >= 15 is 0 Å². The van der Waals surface area contributed by atoms with Crippen LogP contribution in [0.1, 0.15) is 18.0 Å². The number of hydrogen-bond donors (Lipinski definition) is 2. The van der Waals surface area contributed by atoms with Crippen molar-refractivity contribution in [1.29, 1.82) is 0 Å². The molecule has 0 aliphatic carbocycles. The SMILES string of the molecule is COc1ccc([C@H](N)C(C(=O)O)C(=O)[C@@H]2CCN2C)cc1. The monoisotopic (exact) mass is 292 g/mol. The van der Waals surface area contributed by atoms with E-state index in [2.05, 4.69) is 0 Å².